The highest BCUT2D eigenvalue weighted by atomic mass is 35.5. The molecule has 0 unspecified atom stereocenters. The highest BCUT2D eigenvalue weighted by Crippen LogP contribution is 2.22. The lowest BCUT2D eigenvalue weighted by atomic mass is 10.2. The van der Waals surface area contributed by atoms with Gasteiger partial charge in [-0.2, -0.15) is 0 Å². The van der Waals surface area contributed by atoms with E-state index in [1.54, 1.807) is 12.1 Å². The Kier molecular flexibility index (Phi) is 4.19. The van der Waals surface area contributed by atoms with Gasteiger partial charge in [0.1, 0.15) is 18.2 Å². The van der Waals surface area contributed by atoms with Gasteiger partial charge in [-0.25, -0.2) is 4.98 Å². The summed E-state index contributed by atoms with van der Waals surface area (Å²) in [5.41, 5.74) is 6.69. The van der Waals surface area contributed by atoms with E-state index in [9.17, 15) is 4.79 Å². The minimum absolute atomic E-state index is 0.172. The molecule has 1 aromatic heterocycles. The molecular weight excluding hydrogens is 266 g/mol. The molecule has 0 radical (unpaired) electrons. The topological polar surface area (TPSA) is 81.0 Å². The third-order valence-electron chi connectivity index (χ3n) is 2.55. The molecule has 5 nitrogen and oxygen atoms in total. The number of nitrogens with two attached hydrogens (primary N) is 1. The third kappa shape index (κ3) is 3.56. The van der Waals surface area contributed by atoms with Crippen molar-refractivity contribution in [2.45, 2.75) is 20.1 Å². The van der Waals surface area contributed by atoms with Crippen LogP contribution in [-0.4, -0.2) is 9.97 Å². The molecule has 0 bridgehead atoms. The van der Waals surface area contributed by atoms with Crippen molar-refractivity contribution in [2.75, 3.05) is 0 Å². The van der Waals surface area contributed by atoms with Crippen molar-refractivity contribution >= 4 is 11.6 Å². The number of benzene rings is 1. The summed E-state index contributed by atoms with van der Waals surface area (Å²) in [7, 11) is 0. The van der Waals surface area contributed by atoms with Gasteiger partial charge in [0, 0.05) is 17.6 Å². The third-order valence-corrected chi connectivity index (χ3v) is 2.79. The summed E-state index contributed by atoms with van der Waals surface area (Å²) >= 11 is 5.87. The maximum atomic E-state index is 11.4. The highest BCUT2D eigenvalue weighted by molar-refractivity contribution is 6.30. The Bertz CT molecular complexity index is 640. The van der Waals surface area contributed by atoms with E-state index in [0.717, 1.165) is 5.56 Å². The number of aryl methyl sites for hydroxylation is 1. The Hall–Kier alpha value is -1.85. The second-order valence-corrected chi connectivity index (χ2v) is 4.52. The van der Waals surface area contributed by atoms with Crippen LogP contribution in [0, 0.1) is 6.92 Å². The molecule has 0 aliphatic carbocycles. The van der Waals surface area contributed by atoms with Crippen LogP contribution in [0.4, 0.5) is 0 Å². The Morgan fingerprint density at radius 1 is 1.42 bits per heavy atom. The van der Waals surface area contributed by atoms with E-state index in [1.807, 2.05) is 13.0 Å². The number of aromatic amines is 1. The van der Waals surface area contributed by atoms with E-state index in [2.05, 4.69) is 9.97 Å². The molecule has 2 rings (SSSR count). The van der Waals surface area contributed by atoms with E-state index in [-0.39, 0.29) is 18.7 Å². The molecule has 1 aromatic carbocycles. The van der Waals surface area contributed by atoms with E-state index in [0.29, 0.717) is 22.3 Å². The van der Waals surface area contributed by atoms with Crippen molar-refractivity contribution in [1.29, 1.82) is 0 Å². The molecule has 100 valence electrons. The summed E-state index contributed by atoms with van der Waals surface area (Å²) in [4.78, 5) is 18.2. The molecule has 0 spiro atoms. The number of ether oxygens (including phenoxy) is 1. The smallest absolute Gasteiger partial charge is 0.251 e. The minimum Gasteiger partial charge on any atom is -0.485 e. The Balaban J connectivity index is 2.14. The lowest BCUT2D eigenvalue weighted by Crippen LogP contribution is -2.16. The number of aromatic nitrogens is 2. The average Bonchev–Trinajstić information content (AvgIpc) is 2.37. The van der Waals surface area contributed by atoms with E-state index in [1.165, 1.54) is 6.07 Å². The SMILES string of the molecule is Cc1cc(Cl)ccc1OCc1nc(CN)cc(=O)[nH]1. The molecule has 0 fully saturated rings. The van der Waals surface area contributed by atoms with Gasteiger partial charge in [-0.3, -0.25) is 4.79 Å². The summed E-state index contributed by atoms with van der Waals surface area (Å²) in [6.45, 7) is 2.29. The van der Waals surface area contributed by atoms with Gasteiger partial charge in [0.25, 0.3) is 5.56 Å². The summed E-state index contributed by atoms with van der Waals surface area (Å²) in [5.74, 6) is 1.15. The second-order valence-electron chi connectivity index (χ2n) is 4.09. The van der Waals surface area contributed by atoms with Crippen molar-refractivity contribution < 1.29 is 4.74 Å². The molecule has 0 atom stereocenters. The van der Waals surface area contributed by atoms with Crippen LogP contribution in [-0.2, 0) is 13.2 Å². The maximum absolute atomic E-state index is 11.4. The fraction of sp³-hybridized carbons (Fsp3) is 0.231. The Morgan fingerprint density at radius 2 is 2.21 bits per heavy atom. The number of halogens is 1. The Morgan fingerprint density at radius 3 is 2.89 bits per heavy atom. The first-order valence-corrected chi connectivity index (χ1v) is 6.14. The van der Waals surface area contributed by atoms with Gasteiger partial charge in [-0.05, 0) is 30.7 Å². The summed E-state index contributed by atoms with van der Waals surface area (Å²) < 4.78 is 5.60. The van der Waals surface area contributed by atoms with Crippen LogP contribution in [0.15, 0.2) is 29.1 Å². The van der Waals surface area contributed by atoms with Crippen LogP contribution < -0.4 is 16.0 Å². The van der Waals surface area contributed by atoms with Crippen LogP contribution in [0.25, 0.3) is 0 Å². The van der Waals surface area contributed by atoms with E-state index >= 15 is 0 Å². The monoisotopic (exact) mass is 279 g/mol. The number of rotatable bonds is 4. The normalized spacial score (nSPS) is 10.5. The van der Waals surface area contributed by atoms with Crippen molar-refractivity contribution in [2.24, 2.45) is 5.73 Å². The minimum atomic E-state index is -0.234. The molecule has 19 heavy (non-hydrogen) atoms. The van der Waals surface area contributed by atoms with Crippen LogP contribution in [0.2, 0.25) is 5.02 Å². The first-order valence-electron chi connectivity index (χ1n) is 5.76. The molecule has 0 amide bonds. The number of nitrogens with zero attached hydrogens (tertiary/aromatic N) is 1. The lowest BCUT2D eigenvalue weighted by Gasteiger charge is -2.09. The molecule has 0 aliphatic rings. The number of H-pyrrole nitrogens is 1. The maximum Gasteiger partial charge on any atom is 0.251 e. The van der Waals surface area contributed by atoms with Crippen molar-refractivity contribution in [3.8, 4) is 5.75 Å². The van der Waals surface area contributed by atoms with Crippen molar-refractivity contribution in [3.05, 3.63) is 56.7 Å². The van der Waals surface area contributed by atoms with Crippen molar-refractivity contribution in [3.63, 3.8) is 0 Å². The van der Waals surface area contributed by atoms with Gasteiger partial charge in [-0.15, -0.1) is 0 Å². The lowest BCUT2D eigenvalue weighted by molar-refractivity contribution is 0.293. The predicted octanol–water partition coefficient (Wildman–Crippen LogP) is 1.77. The first kappa shape index (κ1) is 13.6. The molecule has 0 aliphatic heterocycles. The summed E-state index contributed by atoms with van der Waals surface area (Å²) in [6.07, 6.45) is 0. The van der Waals surface area contributed by atoms with Gasteiger partial charge >= 0.3 is 0 Å². The van der Waals surface area contributed by atoms with Gasteiger partial charge in [0.2, 0.25) is 0 Å². The van der Waals surface area contributed by atoms with E-state index < -0.39 is 0 Å². The molecule has 1 heterocycles. The van der Waals surface area contributed by atoms with Crippen molar-refractivity contribution in [1.82, 2.24) is 9.97 Å². The predicted molar refractivity (Wildman–Crippen MR) is 73.3 cm³/mol. The molecule has 0 saturated carbocycles. The zero-order valence-corrected chi connectivity index (χ0v) is 11.2. The molecule has 3 N–H and O–H groups in total. The standard InChI is InChI=1S/C13H14ClN3O2/c1-8-4-9(14)2-3-11(8)19-7-12-16-10(6-15)5-13(18)17-12/h2-5H,6-7,15H2,1H3,(H,16,17,18). The molecule has 6 heteroatoms. The van der Waals surface area contributed by atoms with Gasteiger partial charge < -0.3 is 15.5 Å². The zero-order valence-electron chi connectivity index (χ0n) is 10.4. The van der Waals surface area contributed by atoms with Crippen LogP contribution in [0.3, 0.4) is 0 Å². The van der Waals surface area contributed by atoms with E-state index in [4.69, 9.17) is 22.1 Å². The average molecular weight is 280 g/mol. The van der Waals surface area contributed by atoms with Crippen LogP contribution >= 0.6 is 11.6 Å². The fourth-order valence-corrected chi connectivity index (χ4v) is 1.88. The van der Waals surface area contributed by atoms with Gasteiger partial charge in [0.05, 0.1) is 5.69 Å². The molecule has 2 aromatic rings. The van der Waals surface area contributed by atoms with Crippen LogP contribution in [0.5, 0.6) is 5.75 Å². The summed E-state index contributed by atoms with van der Waals surface area (Å²) in [6, 6.07) is 6.71. The zero-order chi connectivity index (χ0) is 13.8. The summed E-state index contributed by atoms with van der Waals surface area (Å²) in [5, 5.41) is 0.654. The number of nitrogens with one attached hydrogen (secondary N) is 1. The van der Waals surface area contributed by atoms with Gasteiger partial charge in [0.15, 0.2) is 0 Å². The second kappa shape index (κ2) is 5.86. The molecular formula is C13H14ClN3O2. The van der Waals surface area contributed by atoms with Gasteiger partial charge in [-0.1, -0.05) is 11.6 Å². The van der Waals surface area contributed by atoms with Crippen LogP contribution in [0.1, 0.15) is 17.1 Å². The Labute approximate surface area is 115 Å². The fourth-order valence-electron chi connectivity index (χ4n) is 1.66. The number of hydrogen-bond acceptors (Lipinski definition) is 4. The number of hydrogen-bond donors (Lipinski definition) is 2. The quantitative estimate of drug-likeness (QED) is 0.894. The molecule has 0 saturated heterocycles. The largest absolute Gasteiger partial charge is 0.485 e. The highest BCUT2D eigenvalue weighted by Gasteiger charge is 2.04. The first-order chi connectivity index (χ1) is 9.08.